The molecule has 0 unspecified atom stereocenters. The van der Waals surface area contributed by atoms with Crippen LogP contribution in [0.1, 0.15) is 26.3 Å². The maximum absolute atomic E-state index is 4.34. The summed E-state index contributed by atoms with van der Waals surface area (Å²) in [6.45, 7) is 11.1. The lowest BCUT2D eigenvalue weighted by atomic mass is 9.89. The monoisotopic (exact) mass is 225 g/mol. The summed E-state index contributed by atoms with van der Waals surface area (Å²) in [4.78, 5) is 2.45. The van der Waals surface area contributed by atoms with Crippen LogP contribution in [0.2, 0.25) is 0 Å². The van der Waals surface area contributed by atoms with Crippen LogP contribution < -0.4 is 10.2 Å². The smallest absolute Gasteiger partial charge is 0.115 e. The fourth-order valence-corrected chi connectivity index (χ4v) is 2.86. The molecule has 1 saturated heterocycles. The highest BCUT2D eigenvalue weighted by Gasteiger charge is 2.24. The Morgan fingerprint density at radius 2 is 2.00 bits per heavy atom. The Morgan fingerprint density at radius 1 is 1.33 bits per heavy atom. The second kappa shape index (κ2) is 4.10. The number of nitrogens with one attached hydrogen (secondary N) is 1. The number of anilines is 1. The van der Waals surface area contributed by atoms with Crippen molar-refractivity contribution in [1.29, 1.82) is 0 Å². The van der Waals surface area contributed by atoms with Gasteiger partial charge in [0.15, 0.2) is 0 Å². The second-order valence-electron chi connectivity index (χ2n) is 5.03. The molecule has 0 amide bonds. The molecule has 1 aromatic rings. The minimum absolute atomic E-state index is 0.202. The second-order valence-corrected chi connectivity index (χ2v) is 5.81. The number of rotatable bonds is 1. The molecule has 15 heavy (non-hydrogen) atoms. The number of aromatic nitrogens is 1. The third kappa shape index (κ3) is 2.32. The van der Waals surface area contributed by atoms with Gasteiger partial charge in [-0.05, 0) is 16.9 Å². The van der Waals surface area contributed by atoms with E-state index in [0.717, 1.165) is 26.2 Å². The predicted molar refractivity (Wildman–Crippen MR) is 65.9 cm³/mol. The molecule has 1 aromatic heterocycles. The summed E-state index contributed by atoms with van der Waals surface area (Å²) >= 11 is 1.63. The summed E-state index contributed by atoms with van der Waals surface area (Å²) in [5, 5.41) is 4.74. The standard InChI is InChI=1S/C11H19N3S/c1-11(2,3)9-8-13-15-10(9)14-6-4-12-5-7-14/h8,12H,4-7H2,1-3H3. The molecular formula is C11H19N3S. The van der Waals surface area contributed by atoms with Gasteiger partial charge in [-0.3, -0.25) is 0 Å². The Balaban J connectivity index is 2.24. The van der Waals surface area contributed by atoms with Gasteiger partial charge in [-0.25, -0.2) is 0 Å². The molecule has 1 aliphatic rings. The van der Waals surface area contributed by atoms with Crippen molar-refractivity contribution in [1.82, 2.24) is 9.69 Å². The fraction of sp³-hybridized carbons (Fsp3) is 0.727. The van der Waals surface area contributed by atoms with Crippen LogP contribution in [0.5, 0.6) is 0 Å². The van der Waals surface area contributed by atoms with Gasteiger partial charge in [0.05, 0.1) is 0 Å². The van der Waals surface area contributed by atoms with E-state index < -0.39 is 0 Å². The molecule has 2 heterocycles. The van der Waals surface area contributed by atoms with Crippen LogP contribution in [0.3, 0.4) is 0 Å². The zero-order valence-electron chi connectivity index (χ0n) is 9.71. The van der Waals surface area contributed by atoms with Crippen LogP contribution in [-0.4, -0.2) is 30.6 Å². The summed E-state index contributed by atoms with van der Waals surface area (Å²) in [5.74, 6) is 0. The van der Waals surface area contributed by atoms with Gasteiger partial charge < -0.3 is 10.2 Å². The Morgan fingerprint density at radius 3 is 2.60 bits per heavy atom. The van der Waals surface area contributed by atoms with E-state index in [1.54, 1.807) is 11.5 Å². The van der Waals surface area contributed by atoms with Crippen molar-refractivity contribution in [2.45, 2.75) is 26.2 Å². The molecule has 4 heteroatoms. The van der Waals surface area contributed by atoms with Gasteiger partial charge in [0, 0.05) is 37.9 Å². The molecule has 0 atom stereocenters. The van der Waals surface area contributed by atoms with E-state index >= 15 is 0 Å². The number of hydrogen-bond donors (Lipinski definition) is 1. The van der Waals surface area contributed by atoms with Crippen molar-refractivity contribution in [3.8, 4) is 0 Å². The van der Waals surface area contributed by atoms with Crippen LogP contribution in [0.15, 0.2) is 6.20 Å². The molecule has 0 bridgehead atoms. The minimum atomic E-state index is 0.202. The van der Waals surface area contributed by atoms with E-state index in [-0.39, 0.29) is 5.41 Å². The van der Waals surface area contributed by atoms with Gasteiger partial charge >= 0.3 is 0 Å². The van der Waals surface area contributed by atoms with Gasteiger partial charge in [0.2, 0.25) is 0 Å². The molecular weight excluding hydrogens is 206 g/mol. The highest BCUT2D eigenvalue weighted by Crippen LogP contribution is 2.34. The first-order valence-electron chi connectivity index (χ1n) is 5.50. The average molecular weight is 225 g/mol. The van der Waals surface area contributed by atoms with Gasteiger partial charge in [-0.15, -0.1) is 0 Å². The first kappa shape index (κ1) is 10.9. The first-order valence-corrected chi connectivity index (χ1v) is 6.27. The first-order chi connectivity index (χ1) is 7.09. The van der Waals surface area contributed by atoms with Crippen molar-refractivity contribution < 1.29 is 0 Å². The summed E-state index contributed by atoms with van der Waals surface area (Å²) in [6.07, 6.45) is 2.03. The summed E-state index contributed by atoms with van der Waals surface area (Å²) in [6, 6.07) is 0. The van der Waals surface area contributed by atoms with Crippen LogP contribution in [0.25, 0.3) is 0 Å². The van der Waals surface area contributed by atoms with Crippen LogP contribution in [0, 0.1) is 0 Å². The molecule has 1 fully saturated rings. The van der Waals surface area contributed by atoms with Crippen LogP contribution in [-0.2, 0) is 5.41 Å². The molecule has 0 radical (unpaired) electrons. The summed E-state index contributed by atoms with van der Waals surface area (Å²) < 4.78 is 4.34. The number of nitrogens with zero attached hydrogens (tertiary/aromatic N) is 2. The molecule has 0 aromatic carbocycles. The molecule has 0 saturated carbocycles. The summed E-state index contributed by atoms with van der Waals surface area (Å²) in [5.41, 5.74) is 1.59. The SMILES string of the molecule is CC(C)(C)c1cnsc1N1CCNCC1. The zero-order valence-corrected chi connectivity index (χ0v) is 10.5. The van der Waals surface area contributed by atoms with Crippen molar-refractivity contribution >= 4 is 16.5 Å². The highest BCUT2D eigenvalue weighted by molar-refractivity contribution is 7.10. The normalized spacial score (nSPS) is 18.2. The average Bonchev–Trinajstić information content (AvgIpc) is 2.67. The van der Waals surface area contributed by atoms with Crippen molar-refractivity contribution in [2.24, 2.45) is 0 Å². The third-order valence-corrected chi connectivity index (χ3v) is 3.63. The number of piperazine rings is 1. The lowest BCUT2D eigenvalue weighted by molar-refractivity contribution is 0.567. The molecule has 1 aliphatic heterocycles. The van der Waals surface area contributed by atoms with Gasteiger partial charge in [0.1, 0.15) is 5.00 Å². The van der Waals surface area contributed by atoms with Gasteiger partial charge in [0.25, 0.3) is 0 Å². The quantitative estimate of drug-likeness (QED) is 0.790. The fourth-order valence-electron chi connectivity index (χ4n) is 1.84. The van der Waals surface area contributed by atoms with Crippen LogP contribution in [0.4, 0.5) is 5.00 Å². The summed E-state index contributed by atoms with van der Waals surface area (Å²) in [7, 11) is 0. The topological polar surface area (TPSA) is 28.2 Å². The molecule has 0 aliphatic carbocycles. The van der Waals surface area contributed by atoms with Crippen molar-refractivity contribution in [3.63, 3.8) is 0 Å². The Labute approximate surface area is 95.7 Å². The Hall–Kier alpha value is -0.610. The largest absolute Gasteiger partial charge is 0.359 e. The molecule has 0 spiro atoms. The molecule has 84 valence electrons. The molecule has 3 nitrogen and oxygen atoms in total. The Bertz CT molecular complexity index is 321. The highest BCUT2D eigenvalue weighted by atomic mass is 32.1. The lowest BCUT2D eigenvalue weighted by Crippen LogP contribution is -2.43. The predicted octanol–water partition coefficient (Wildman–Crippen LogP) is 1.85. The third-order valence-electron chi connectivity index (χ3n) is 2.76. The molecule has 2 rings (SSSR count). The van der Waals surface area contributed by atoms with E-state index in [0.29, 0.717) is 0 Å². The minimum Gasteiger partial charge on any atom is -0.359 e. The van der Waals surface area contributed by atoms with Crippen LogP contribution >= 0.6 is 11.5 Å². The van der Waals surface area contributed by atoms with Gasteiger partial charge in [-0.2, -0.15) is 4.37 Å². The molecule has 1 N–H and O–H groups in total. The number of hydrogen-bond acceptors (Lipinski definition) is 4. The van der Waals surface area contributed by atoms with Gasteiger partial charge in [-0.1, -0.05) is 20.8 Å². The maximum atomic E-state index is 4.34. The van der Waals surface area contributed by atoms with E-state index in [9.17, 15) is 0 Å². The van der Waals surface area contributed by atoms with Crippen molar-refractivity contribution in [3.05, 3.63) is 11.8 Å². The maximum Gasteiger partial charge on any atom is 0.115 e. The van der Waals surface area contributed by atoms with Crippen molar-refractivity contribution in [2.75, 3.05) is 31.1 Å². The van der Waals surface area contributed by atoms with E-state index in [1.165, 1.54) is 10.6 Å². The Kier molecular flexibility index (Phi) is 2.98. The van der Waals surface area contributed by atoms with E-state index in [1.807, 2.05) is 6.20 Å². The zero-order chi connectivity index (χ0) is 10.9. The lowest BCUT2D eigenvalue weighted by Gasteiger charge is -2.31. The van der Waals surface area contributed by atoms with E-state index in [4.69, 9.17) is 0 Å². The van der Waals surface area contributed by atoms with E-state index in [2.05, 4.69) is 35.4 Å².